The molecule has 0 fully saturated rings. The fourth-order valence-electron chi connectivity index (χ4n) is 2.40. The molecule has 8 nitrogen and oxygen atoms in total. The first kappa shape index (κ1) is 14.9. The second-order valence-electron chi connectivity index (χ2n) is 5.27. The van der Waals surface area contributed by atoms with Gasteiger partial charge in [-0.3, -0.25) is 4.79 Å². The summed E-state index contributed by atoms with van der Waals surface area (Å²) in [6.45, 7) is 0.191. The first-order valence-corrected chi connectivity index (χ1v) is 7.42. The van der Waals surface area contributed by atoms with Crippen molar-refractivity contribution in [3.8, 4) is 5.82 Å². The molecule has 0 spiro atoms. The number of imidazole rings is 1. The minimum Gasteiger partial charge on any atom is -0.345 e. The number of carbonyl (C=O) groups excluding carboxylic acids is 1. The predicted molar refractivity (Wildman–Crippen MR) is 86.4 cm³/mol. The molecule has 0 aliphatic heterocycles. The van der Waals surface area contributed by atoms with E-state index in [9.17, 15) is 9.18 Å². The fraction of sp³-hybridized carbons (Fsp3) is 0.0625. The van der Waals surface area contributed by atoms with Crippen molar-refractivity contribution < 1.29 is 9.18 Å². The highest BCUT2D eigenvalue weighted by atomic mass is 19.1. The van der Waals surface area contributed by atoms with E-state index < -0.39 is 0 Å². The molecule has 9 heteroatoms. The van der Waals surface area contributed by atoms with Crippen LogP contribution < -0.4 is 5.32 Å². The maximum Gasteiger partial charge on any atom is 0.251 e. The van der Waals surface area contributed by atoms with Gasteiger partial charge in [-0.2, -0.15) is 5.10 Å². The molecule has 0 aliphatic carbocycles. The van der Waals surface area contributed by atoms with Crippen molar-refractivity contribution in [3.05, 3.63) is 66.4 Å². The Hall–Kier alpha value is -3.62. The van der Waals surface area contributed by atoms with Gasteiger partial charge in [-0.05, 0) is 30.3 Å². The Labute approximate surface area is 140 Å². The zero-order chi connectivity index (χ0) is 17.2. The van der Waals surface area contributed by atoms with Crippen LogP contribution in [0.15, 0.2) is 49.2 Å². The summed E-state index contributed by atoms with van der Waals surface area (Å²) >= 11 is 0. The molecule has 1 amide bonds. The smallest absolute Gasteiger partial charge is 0.251 e. The van der Waals surface area contributed by atoms with Crippen LogP contribution in [0.3, 0.4) is 0 Å². The molecule has 4 aromatic rings. The molecule has 0 atom stereocenters. The van der Waals surface area contributed by atoms with Crippen LogP contribution in [0.25, 0.3) is 16.9 Å². The Balaban J connectivity index is 1.49. The van der Waals surface area contributed by atoms with E-state index in [4.69, 9.17) is 0 Å². The topological polar surface area (TPSA) is 101 Å². The maximum atomic E-state index is 13.2. The fourth-order valence-corrected chi connectivity index (χ4v) is 2.40. The van der Waals surface area contributed by atoms with Crippen LogP contribution in [0, 0.1) is 5.82 Å². The Morgan fingerprint density at radius 2 is 2.20 bits per heavy atom. The van der Waals surface area contributed by atoms with Crippen LogP contribution in [0.4, 0.5) is 4.39 Å². The number of fused-ring (bicyclic) bond motifs is 1. The first-order valence-electron chi connectivity index (χ1n) is 7.42. The lowest BCUT2D eigenvalue weighted by Gasteiger charge is -2.05. The summed E-state index contributed by atoms with van der Waals surface area (Å²) in [6.07, 6.45) is 4.41. The second-order valence-corrected chi connectivity index (χ2v) is 5.27. The molecular weight excluding hydrogens is 325 g/mol. The summed E-state index contributed by atoms with van der Waals surface area (Å²) in [6, 6.07) is 7.50. The van der Waals surface area contributed by atoms with Crippen molar-refractivity contribution in [2.75, 3.05) is 0 Å². The van der Waals surface area contributed by atoms with Gasteiger partial charge < -0.3 is 10.3 Å². The first-order chi connectivity index (χ1) is 12.2. The average Bonchev–Trinajstić information content (AvgIpc) is 3.29. The van der Waals surface area contributed by atoms with Crippen LogP contribution in [0.5, 0.6) is 0 Å². The number of rotatable bonds is 4. The van der Waals surface area contributed by atoms with Gasteiger partial charge in [0.05, 0.1) is 17.6 Å². The molecule has 0 radical (unpaired) electrons. The number of hydrogen-bond acceptors (Lipinski definition) is 5. The minimum atomic E-state index is -0.343. The number of nitrogens with one attached hydrogen (secondary N) is 2. The van der Waals surface area contributed by atoms with Crippen molar-refractivity contribution in [1.82, 2.24) is 35.0 Å². The molecule has 3 heterocycles. The predicted octanol–water partition coefficient (Wildman–Crippen LogP) is 1.61. The largest absolute Gasteiger partial charge is 0.345 e. The molecule has 0 saturated carbocycles. The van der Waals surface area contributed by atoms with Gasteiger partial charge in [0.25, 0.3) is 5.91 Å². The Morgan fingerprint density at radius 3 is 3.04 bits per heavy atom. The standard InChI is InChI=1S/C16H12FN7O/c17-11-1-2-12-13(6-11)23-14(22-12)7-20-16(25)10-3-4-19-15(5-10)24-9-18-8-21-24/h1-6,8-9H,7H2,(H,20,25)(H,22,23). The molecule has 0 aliphatic rings. The quantitative estimate of drug-likeness (QED) is 0.589. The number of nitrogens with zero attached hydrogens (tertiary/aromatic N) is 5. The Bertz CT molecular complexity index is 1040. The highest BCUT2D eigenvalue weighted by Gasteiger charge is 2.10. The van der Waals surface area contributed by atoms with Gasteiger partial charge in [0.2, 0.25) is 0 Å². The molecule has 0 bridgehead atoms. The minimum absolute atomic E-state index is 0.191. The van der Waals surface area contributed by atoms with E-state index in [1.54, 1.807) is 18.2 Å². The number of H-pyrrole nitrogens is 1. The zero-order valence-corrected chi connectivity index (χ0v) is 12.8. The van der Waals surface area contributed by atoms with Crippen molar-refractivity contribution >= 4 is 16.9 Å². The number of amides is 1. The highest BCUT2D eigenvalue weighted by molar-refractivity contribution is 5.94. The summed E-state index contributed by atoms with van der Waals surface area (Å²) in [7, 11) is 0. The summed E-state index contributed by atoms with van der Waals surface area (Å²) in [5.74, 6) is 0.406. The molecule has 3 aromatic heterocycles. The maximum absolute atomic E-state index is 13.2. The van der Waals surface area contributed by atoms with E-state index in [-0.39, 0.29) is 18.3 Å². The number of aromatic nitrogens is 6. The van der Waals surface area contributed by atoms with Gasteiger partial charge in [-0.15, -0.1) is 0 Å². The van der Waals surface area contributed by atoms with E-state index in [2.05, 4.69) is 30.4 Å². The van der Waals surface area contributed by atoms with E-state index in [1.165, 1.54) is 35.7 Å². The van der Waals surface area contributed by atoms with E-state index in [0.717, 1.165) is 0 Å². The number of benzene rings is 1. The molecule has 4 rings (SSSR count). The number of aromatic amines is 1. The molecule has 1 aromatic carbocycles. The monoisotopic (exact) mass is 337 g/mol. The van der Waals surface area contributed by atoms with E-state index in [0.29, 0.717) is 28.2 Å². The van der Waals surface area contributed by atoms with Gasteiger partial charge in [0, 0.05) is 11.8 Å². The summed E-state index contributed by atoms with van der Waals surface area (Å²) in [4.78, 5) is 27.6. The number of hydrogen-bond donors (Lipinski definition) is 2. The van der Waals surface area contributed by atoms with Crippen molar-refractivity contribution in [3.63, 3.8) is 0 Å². The van der Waals surface area contributed by atoms with Crippen LogP contribution in [0.1, 0.15) is 16.2 Å². The van der Waals surface area contributed by atoms with Crippen molar-refractivity contribution in [2.45, 2.75) is 6.54 Å². The molecule has 124 valence electrons. The van der Waals surface area contributed by atoms with E-state index in [1.807, 2.05) is 0 Å². The third-order valence-electron chi connectivity index (χ3n) is 3.57. The number of carbonyl (C=O) groups is 1. The summed E-state index contributed by atoms with van der Waals surface area (Å²) < 4.78 is 14.7. The zero-order valence-electron chi connectivity index (χ0n) is 12.8. The number of pyridine rings is 1. The lowest BCUT2D eigenvalue weighted by molar-refractivity contribution is 0.0950. The third kappa shape index (κ3) is 3.07. The normalized spacial score (nSPS) is 10.9. The van der Waals surface area contributed by atoms with Crippen molar-refractivity contribution in [2.24, 2.45) is 0 Å². The highest BCUT2D eigenvalue weighted by Crippen LogP contribution is 2.13. The van der Waals surface area contributed by atoms with Gasteiger partial charge in [0.15, 0.2) is 5.82 Å². The Morgan fingerprint density at radius 1 is 1.28 bits per heavy atom. The van der Waals surface area contributed by atoms with Gasteiger partial charge >= 0.3 is 0 Å². The molecule has 2 N–H and O–H groups in total. The van der Waals surface area contributed by atoms with Crippen molar-refractivity contribution in [1.29, 1.82) is 0 Å². The SMILES string of the molecule is O=C(NCc1nc2ccc(F)cc2[nH]1)c1ccnc(-n2cncn2)c1. The average molecular weight is 337 g/mol. The van der Waals surface area contributed by atoms with E-state index >= 15 is 0 Å². The lowest BCUT2D eigenvalue weighted by Crippen LogP contribution is -2.23. The third-order valence-corrected chi connectivity index (χ3v) is 3.57. The molecular formula is C16H12FN7O. The van der Waals surface area contributed by atoms with Gasteiger partial charge in [-0.1, -0.05) is 0 Å². The summed E-state index contributed by atoms with van der Waals surface area (Å²) in [5.41, 5.74) is 1.66. The molecule has 0 saturated heterocycles. The Kier molecular flexibility index (Phi) is 3.65. The lowest BCUT2D eigenvalue weighted by atomic mass is 10.2. The van der Waals surface area contributed by atoms with Crippen LogP contribution in [-0.2, 0) is 6.54 Å². The molecule has 25 heavy (non-hydrogen) atoms. The van der Waals surface area contributed by atoms with Crippen LogP contribution in [-0.4, -0.2) is 35.6 Å². The number of halogens is 1. The van der Waals surface area contributed by atoms with Crippen LogP contribution >= 0.6 is 0 Å². The second kappa shape index (κ2) is 6.11. The van der Waals surface area contributed by atoms with Gasteiger partial charge in [0.1, 0.15) is 24.3 Å². The summed E-state index contributed by atoms with van der Waals surface area (Å²) in [5, 5.41) is 6.74. The van der Waals surface area contributed by atoms with Crippen LogP contribution in [0.2, 0.25) is 0 Å². The molecule has 0 unspecified atom stereocenters. The van der Waals surface area contributed by atoms with Gasteiger partial charge in [-0.25, -0.2) is 24.0 Å².